The third-order valence-corrected chi connectivity index (χ3v) is 3.64. The minimum Gasteiger partial charge on any atom is -0.378 e. The molecule has 0 radical (unpaired) electrons. The molecule has 2 aliphatic rings. The maximum Gasteiger partial charge on any atom is 0.207 e. The Bertz CT molecular complexity index is 724. The van der Waals surface area contributed by atoms with Crippen LogP contribution < -0.4 is 10.6 Å². The summed E-state index contributed by atoms with van der Waals surface area (Å²) in [7, 11) is 0. The molecule has 4 rings (SSSR count). The number of nitrogen functional groups attached to an aromatic ring is 1. The highest BCUT2D eigenvalue weighted by Crippen LogP contribution is 2.26. The quantitative estimate of drug-likeness (QED) is 0.889. The van der Waals surface area contributed by atoms with Crippen molar-refractivity contribution in [2.75, 3.05) is 36.9 Å². The van der Waals surface area contributed by atoms with E-state index in [0.717, 1.165) is 49.0 Å². The molecule has 102 valence electrons. The number of pyridine rings is 1. The largest absolute Gasteiger partial charge is 0.378 e. The number of fused-ring (bicyclic) bond motifs is 1. The third kappa shape index (κ3) is 1.69. The highest BCUT2D eigenvalue weighted by atomic mass is 16.5. The minimum absolute atomic E-state index is 0.474. The zero-order valence-corrected chi connectivity index (χ0v) is 11.0. The number of morpholine rings is 1. The van der Waals surface area contributed by atoms with Crippen LogP contribution in [0.15, 0.2) is 30.4 Å². The monoisotopic (exact) mass is 269 g/mol. The van der Waals surface area contributed by atoms with Gasteiger partial charge in [-0.15, -0.1) is 0 Å². The van der Waals surface area contributed by atoms with Gasteiger partial charge in [-0.25, -0.2) is 9.97 Å². The van der Waals surface area contributed by atoms with Crippen molar-refractivity contribution in [1.82, 2.24) is 14.5 Å². The van der Waals surface area contributed by atoms with E-state index >= 15 is 0 Å². The number of aromatic nitrogens is 3. The number of nitrogens with two attached hydrogens (primary N) is 1. The molecule has 2 aromatic heterocycles. The Morgan fingerprint density at radius 2 is 1.95 bits per heavy atom. The molecule has 0 amide bonds. The van der Waals surface area contributed by atoms with E-state index in [1.54, 1.807) is 0 Å². The maximum atomic E-state index is 6.00. The second-order valence-corrected chi connectivity index (χ2v) is 4.87. The van der Waals surface area contributed by atoms with Crippen molar-refractivity contribution in [2.45, 2.75) is 0 Å². The zero-order valence-electron chi connectivity index (χ0n) is 11.0. The average Bonchev–Trinajstić information content (AvgIpc) is 2.74. The van der Waals surface area contributed by atoms with Crippen molar-refractivity contribution in [3.63, 3.8) is 0 Å². The van der Waals surface area contributed by atoms with Gasteiger partial charge in [0.2, 0.25) is 5.95 Å². The summed E-state index contributed by atoms with van der Waals surface area (Å²) in [5.74, 6) is 1.42. The van der Waals surface area contributed by atoms with E-state index in [1.807, 2.05) is 34.9 Å². The molecule has 0 saturated carbocycles. The normalized spacial score (nSPS) is 18.2. The topological polar surface area (TPSA) is 69.2 Å². The van der Waals surface area contributed by atoms with Crippen molar-refractivity contribution in [3.8, 4) is 0 Å². The molecular formula is C14H15N5O. The standard InChI is InChI=1S/C14H15N5O/c15-14-16-11-4-5-12(18-6-8-20-9-7-18)17-13(11)19(14)10-2-1-3-10/h1-5H,6-9H2,(H2,15,16). The second kappa shape index (κ2) is 4.35. The van der Waals surface area contributed by atoms with E-state index in [2.05, 4.69) is 9.88 Å². The lowest BCUT2D eigenvalue weighted by molar-refractivity contribution is 0.122. The van der Waals surface area contributed by atoms with E-state index in [4.69, 9.17) is 15.5 Å². The molecule has 1 fully saturated rings. The van der Waals surface area contributed by atoms with E-state index in [9.17, 15) is 0 Å². The molecule has 0 atom stereocenters. The van der Waals surface area contributed by atoms with Gasteiger partial charge in [0.1, 0.15) is 11.3 Å². The van der Waals surface area contributed by atoms with Crippen LogP contribution >= 0.6 is 0 Å². The molecule has 6 heteroatoms. The van der Waals surface area contributed by atoms with Gasteiger partial charge in [0.05, 0.1) is 18.9 Å². The van der Waals surface area contributed by atoms with Crippen LogP contribution in [0.4, 0.5) is 11.8 Å². The molecule has 2 aromatic rings. The predicted molar refractivity (Wildman–Crippen MR) is 78.4 cm³/mol. The molecule has 2 N–H and O–H groups in total. The van der Waals surface area contributed by atoms with Crippen LogP contribution in [0, 0.1) is 0 Å². The van der Waals surface area contributed by atoms with Crippen LogP contribution in [0.25, 0.3) is 16.9 Å². The van der Waals surface area contributed by atoms with Crippen LogP contribution in [0.1, 0.15) is 0 Å². The van der Waals surface area contributed by atoms with Gasteiger partial charge in [0.15, 0.2) is 5.65 Å². The first-order valence-corrected chi connectivity index (χ1v) is 6.69. The van der Waals surface area contributed by atoms with Crippen molar-refractivity contribution < 1.29 is 4.74 Å². The Kier molecular flexibility index (Phi) is 2.50. The van der Waals surface area contributed by atoms with Gasteiger partial charge in [-0.1, -0.05) is 6.08 Å². The van der Waals surface area contributed by atoms with Gasteiger partial charge >= 0.3 is 0 Å². The Morgan fingerprint density at radius 3 is 2.65 bits per heavy atom. The first kappa shape index (κ1) is 11.5. The highest BCUT2D eigenvalue weighted by Gasteiger charge is 2.17. The van der Waals surface area contributed by atoms with E-state index in [0.29, 0.717) is 5.95 Å². The highest BCUT2D eigenvalue weighted by molar-refractivity contribution is 5.84. The smallest absolute Gasteiger partial charge is 0.207 e. The molecule has 0 aromatic carbocycles. The Morgan fingerprint density at radius 1 is 1.15 bits per heavy atom. The van der Waals surface area contributed by atoms with Gasteiger partial charge in [-0.3, -0.25) is 4.57 Å². The van der Waals surface area contributed by atoms with Gasteiger partial charge < -0.3 is 15.4 Å². The summed E-state index contributed by atoms with van der Waals surface area (Å²) in [5, 5.41) is 0. The number of rotatable bonds is 2. The van der Waals surface area contributed by atoms with Gasteiger partial charge in [0.25, 0.3) is 0 Å². The fourth-order valence-corrected chi connectivity index (χ4v) is 2.52. The number of nitrogens with zero attached hydrogens (tertiary/aromatic N) is 4. The van der Waals surface area contributed by atoms with E-state index in [-0.39, 0.29) is 0 Å². The summed E-state index contributed by atoms with van der Waals surface area (Å²) in [5.41, 5.74) is 8.65. The summed E-state index contributed by atoms with van der Waals surface area (Å²) >= 11 is 0. The molecule has 1 aliphatic carbocycles. The maximum absolute atomic E-state index is 6.00. The summed E-state index contributed by atoms with van der Waals surface area (Å²) in [6, 6.07) is 3.97. The van der Waals surface area contributed by atoms with E-state index in [1.165, 1.54) is 0 Å². The average molecular weight is 269 g/mol. The van der Waals surface area contributed by atoms with Crippen molar-refractivity contribution in [1.29, 1.82) is 0 Å². The molecule has 20 heavy (non-hydrogen) atoms. The summed E-state index contributed by atoms with van der Waals surface area (Å²) < 4.78 is 7.26. The van der Waals surface area contributed by atoms with Crippen molar-refractivity contribution >= 4 is 28.6 Å². The summed E-state index contributed by atoms with van der Waals surface area (Å²) in [4.78, 5) is 11.3. The molecular weight excluding hydrogens is 254 g/mol. The minimum atomic E-state index is 0.474. The number of imidazole rings is 1. The SMILES string of the molecule is Nc1nc2ccc(N3CCOCC3)nc2n1C1=CC=C1. The lowest BCUT2D eigenvalue weighted by Gasteiger charge is -2.27. The van der Waals surface area contributed by atoms with Crippen LogP contribution in [0.3, 0.4) is 0 Å². The first-order valence-electron chi connectivity index (χ1n) is 6.69. The van der Waals surface area contributed by atoms with Gasteiger partial charge in [-0.05, 0) is 24.3 Å². The number of anilines is 2. The number of allylic oxidation sites excluding steroid dienone is 4. The molecule has 1 aliphatic heterocycles. The molecule has 0 unspecified atom stereocenters. The number of ether oxygens (including phenoxy) is 1. The lowest BCUT2D eigenvalue weighted by atomic mass is 10.2. The number of hydrogen-bond acceptors (Lipinski definition) is 5. The fraction of sp³-hybridized carbons (Fsp3) is 0.286. The Balaban J connectivity index is 1.81. The third-order valence-electron chi connectivity index (χ3n) is 3.64. The molecule has 6 nitrogen and oxygen atoms in total. The van der Waals surface area contributed by atoms with Crippen LogP contribution in [0.2, 0.25) is 0 Å². The zero-order chi connectivity index (χ0) is 13.5. The predicted octanol–water partition coefficient (Wildman–Crippen LogP) is 1.26. The first-order chi connectivity index (χ1) is 9.83. The van der Waals surface area contributed by atoms with Gasteiger partial charge in [-0.2, -0.15) is 0 Å². The summed E-state index contributed by atoms with van der Waals surface area (Å²) in [6.07, 6.45) is 5.98. The van der Waals surface area contributed by atoms with Crippen molar-refractivity contribution in [3.05, 3.63) is 30.4 Å². The molecule has 3 heterocycles. The fourth-order valence-electron chi connectivity index (χ4n) is 2.52. The van der Waals surface area contributed by atoms with E-state index < -0.39 is 0 Å². The molecule has 1 saturated heterocycles. The summed E-state index contributed by atoms with van der Waals surface area (Å²) in [6.45, 7) is 3.22. The second-order valence-electron chi connectivity index (χ2n) is 4.87. The lowest BCUT2D eigenvalue weighted by Crippen LogP contribution is -2.36. The van der Waals surface area contributed by atoms with Crippen molar-refractivity contribution in [2.24, 2.45) is 0 Å². The van der Waals surface area contributed by atoms with Crippen LogP contribution in [-0.2, 0) is 4.74 Å². The van der Waals surface area contributed by atoms with Gasteiger partial charge in [0, 0.05) is 13.1 Å². The molecule has 0 bridgehead atoms. The Labute approximate surface area is 116 Å². The number of hydrogen-bond donors (Lipinski definition) is 1. The van der Waals surface area contributed by atoms with Crippen LogP contribution in [0.5, 0.6) is 0 Å². The molecule has 0 spiro atoms. The Hall–Kier alpha value is -2.34. The van der Waals surface area contributed by atoms with Crippen LogP contribution in [-0.4, -0.2) is 40.8 Å².